The van der Waals surface area contributed by atoms with E-state index in [2.05, 4.69) is 0 Å². The second-order valence-corrected chi connectivity index (χ2v) is 4.76. The summed E-state index contributed by atoms with van der Waals surface area (Å²) in [7, 11) is 1.60. The molecule has 0 saturated carbocycles. The SMILES string of the molecule is COc1ccc(Cl)cc1CC(N)c1cccc(F)c1. The Labute approximate surface area is 117 Å². The molecule has 2 N–H and O–H groups in total. The molecular weight excluding hydrogens is 265 g/mol. The lowest BCUT2D eigenvalue weighted by atomic mass is 9.99. The van der Waals surface area contributed by atoms with E-state index in [0.717, 1.165) is 16.9 Å². The zero-order chi connectivity index (χ0) is 13.8. The highest BCUT2D eigenvalue weighted by Gasteiger charge is 2.12. The second-order valence-electron chi connectivity index (χ2n) is 4.32. The quantitative estimate of drug-likeness (QED) is 0.925. The number of methoxy groups -OCH3 is 1. The van der Waals surface area contributed by atoms with Gasteiger partial charge in [-0.1, -0.05) is 23.7 Å². The molecule has 0 radical (unpaired) electrons. The van der Waals surface area contributed by atoms with Crippen LogP contribution in [0.4, 0.5) is 4.39 Å². The molecule has 0 aromatic heterocycles. The number of nitrogens with two attached hydrogens (primary N) is 1. The van der Waals surface area contributed by atoms with Gasteiger partial charge >= 0.3 is 0 Å². The summed E-state index contributed by atoms with van der Waals surface area (Å²) >= 11 is 5.97. The van der Waals surface area contributed by atoms with E-state index in [4.69, 9.17) is 22.1 Å². The van der Waals surface area contributed by atoms with Crippen molar-refractivity contribution in [2.45, 2.75) is 12.5 Å². The van der Waals surface area contributed by atoms with Crippen LogP contribution in [0.25, 0.3) is 0 Å². The van der Waals surface area contributed by atoms with Crippen molar-refractivity contribution in [1.82, 2.24) is 0 Å². The zero-order valence-electron chi connectivity index (χ0n) is 10.6. The summed E-state index contributed by atoms with van der Waals surface area (Å²) in [6, 6.07) is 11.4. The number of halogens is 2. The maximum atomic E-state index is 13.2. The molecule has 0 spiro atoms. The van der Waals surface area contributed by atoms with Crippen LogP contribution >= 0.6 is 11.6 Å². The van der Waals surface area contributed by atoms with Crippen molar-refractivity contribution in [1.29, 1.82) is 0 Å². The van der Waals surface area contributed by atoms with Gasteiger partial charge in [0.05, 0.1) is 7.11 Å². The maximum absolute atomic E-state index is 13.2. The topological polar surface area (TPSA) is 35.2 Å². The minimum atomic E-state index is -0.303. The Morgan fingerprint density at radius 1 is 1.26 bits per heavy atom. The Bertz CT molecular complexity index is 574. The third-order valence-corrected chi connectivity index (χ3v) is 3.19. The van der Waals surface area contributed by atoms with Gasteiger partial charge < -0.3 is 10.5 Å². The van der Waals surface area contributed by atoms with E-state index in [1.807, 2.05) is 12.1 Å². The molecule has 19 heavy (non-hydrogen) atoms. The van der Waals surface area contributed by atoms with Crippen LogP contribution in [0.15, 0.2) is 42.5 Å². The standard InChI is InChI=1S/C15H15ClFNO/c1-19-15-6-5-12(16)7-11(15)9-14(18)10-3-2-4-13(17)8-10/h2-8,14H,9,18H2,1H3. The van der Waals surface area contributed by atoms with Crippen LogP contribution < -0.4 is 10.5 Å². The normalized spacial score (nSPS) is 12.2. The van der Waals surface area contributed by atoms with Crippen LogP contribution in [0.1, 0.15) is 17.2 Å². The fourth-order valence-corrected chi connectivity index (χ4v) is 2.19. The third kappa shape index (κ3) is 3.46. The van der Waals surface area contributed by atoms with Crippen molar-refractivity contribution < 1.29 is 9.13 Å². The molecule has 0 aliphatic carbocycles. The molecule has 100 valence electrons. The Morgan fingerprint density at radius 3 is 2.74 bits per heavy atom. The Kier molecular flexibility index (Phi) is 4.40. The van der Waals surface area contributed by atoms with Gasteiger partial charge in [-0.05, 0) is 47.9 Å². The minimum Gasteiger partial charge on any atom is -0.496 e. The first-order valence-electron chi connectivity index (χ1n) is 5.93. The fourth-order valence-electron chi connectivity index (χ4n) is 2.00. The molecule has 1 atom stereocenters. The largest absolute Gasteiger partial charge is 0.496 e. The summed E-state index contributed by atoms with van der Waals surface area (Å²) in [4.78, 5) is 0. The lowest BCUT2D eigenvalue weighted by Crippen LogP contribution is -2.14. The van der Waals surface area contributed by atoms with Gasteiger partial charge in [0.15, 0.2) is 0 Å². The number of hydrogen-bond acceptors (Lipinski definition) is 2. The van der Waals surface area contributed by atoms with Gasteiger partial charge in [0.2, 0.25) is 0 Å². The molecule has 0 amide bonds. The lowest BCUT2D eigenvalue weighted by molar-refractivity contribution is 0.408. The number of rotatable bonds is 4. The average molecular weight is 280 g/mol. The van der Waals surface area contributed by atoms with E-state index in [0.29, 0.717) is 11.4 Å². The van der Waals surface area contributed by atoms with Crippen LogP contribution in [-0.2, 0) is 6.42 Å². The van der Waals surface area contributed by atoms with E-state index < -0.39 is 0 Å². The summed E-state index contributed by atoms with van der Waals surface area (Å²) in [6.07, 6.45) is 0.535. The Balaban J connectivity index is 2.23. The summed E-state index contributed by atoms with van der Waals surface area (Å²) in [5.41, 5.74) is 7.77. The predicted octanol–water partition coefficient (Wildman–Crippen LogP) is 3.73. The molecule has 2 rings (SSSR count). The van der Waals surface area contributed by atoms with Crippen molar-refractivity contribution in [2.24, 2.45) is 5.73 Å². The van der Waals surface area contributed by atoms with Gasteiger partial charge in [-0.25, -0.2) is 4.39 Å². The van der Waals surface area contributed by atoms with Crippen molar-refractivity contribution >= 4 is 11.6 Å². The highest BCUT2D eigenvalue weighted by Crippen LogP contribution is 2.27. The number of benzene rings is 2. The van der Waals surface area contributed by atoms with E-state index in [9.17, 15) is 4.39 Å². The van der Waals surface area contributed by atoms with Crippen LogP contribution in [0.2, 0.25) is 5.02 Å². The van der Waals surface area contributed by atoms with E-state index in [1.54, 1.807) is 25.3 Å². The second kappa shape index (κ2) is 6.04. The lowest BCUT2D eigenvalue weighted by Gasteiger charge is -2.15. The summed E-state index contributed by atoms with van der Waals surface area (Å²) < 4.78 is 18.4. The van der Waals surface area contributed by atoms with Gasteiger partial charge in [-0.2, -0.15) is 0 Å². The first kappa shape index (κ1) is 13.8. The van der Waals surface area contributed by atoms with Crippen LogP contribution in [0, 0.1) is 5.82 Å². The number of ether oxygens (including phenoxy) is 1. The highest BCUT2D eigenvalue weighted by atomic mass is 35.5. The molecule has 0 aliphatic heterocycles. The van der Waals surface area contributed by atoms with E-state index >= 15 is 0 Å². The van der Waals surface area contributed by atoms with E-state index in [1.165, 1.54) is 12.1 Å². The minimum absolute atomic E-state index is 0.286. The molecule has 0 fully saturated rings. The monoisotopic (exact) mass is 279 g/mol. The smallest absolute Gasteiger partial charge is 0.123 e. The molecular formula is C15H15ClFNO. The van der Waals surface area contributed by atoms with Crippen molar-refractivity contribution in [2.75, 3.05) is 7.11 Å². The third-order valence-electron chi connectivity index (χ3n) is 2.96. The van der Waals surface area contributed by atoms with Crippen LogP contribution in [0.5, 0.6) is 5.75 Å². The molecule has 2 aromatic rings. The molecule has 4 heteroatoms. The molecule has 2 aromatic carbocycles. The van der Waals surface area contributed by atoms with Gasteiger partial charge in [-0.3, -0.25) is 0 Å². The molecule has 1 unspecified atom stereocenters. The summed E-state index contributed by atoms with van der Waals surface area (Å²) in [5, 5.41) is 0.627. The number of hydrogen-bond donors (Lipinski definition) is 1. The van der Waals surface area contributed by atoms with Crippen molar-refractivity contribution in [3.63, 3.8) is 0 Å². The molecule has 0 bridgehead atoms. The maximum Gasteiger partial charge on any atom is 0.123 e. The predicted molar refractivity (Wildman–Crippen MR) is 75.0 cm³/mol. The summed E-state index contributed by atoms with van der Waals surface area (Å²) in [5.74, 6) is 0.447. The Hall–Kier alpha value is -1.58. The van der Waals surface area contributed by atoms with Gasteiger partial charge in [0.1, 0.15) is 11.6 Å². The van der Waals surface area contributed by atoms with Gasteiger partial charge in [0, 0.05) is 11.1 Å². The van der Waals surface area contributed by atoms with Crippen molar-refractivity contribution in [3.05, 3.63) is 64.4 Å². The average Bonchev–Trinajstić information content (AvgIpc) is 2.39. The first-order valence-corrected chi connectivity index (χ1v) is 6.31. The van der Waals surface area contributed by atoms with Gasteiger partial charge in [-0.15, -0.1) is 0 Å². The van der Waals surface area contributed by atoms with Crippen molar-refractivity contribution in [3.8, 4) is 5.75 Å². The molecule has 0 heterocycles. The molecule has 0 aliphatic rings. The van der Waals surface area contributed by atoms with Crippen LogP contribution in [0.3, 0.4) is 0 Å². The molecule has 0 saturated heterocycles. The van der Waals surface area contributed by atoms with Crippen LogP contribution in [-0.4, -0.2) is 7.11 Å². The van der Waals surface area contributed by atoms with E-state index in [-0.39, 0.29) is 11.9 Å². The zero-order valence-corrected chi connectivity index (χ0v) is 11.3. The molecule has 2 nitrogen and oxygen atoms in total. The fraction of sp³-hybridized carbons (Fsp3) is 0.200. The Morgan fingerprint density at radius 2 is 2.05 bits per heavy atom. The van der Waals surface area contributed by atoms with Gasteiger partial charge in [0.25, 0.3) is 0 Å². The first-order chi connectivity index (χ1) is 9.10. The summed E-state index contributed by atoms with van der Waals surface area (Å²) in [6.45, 7) is 0. The highest BCUT2D eigenvalue weighted by molar-refractivity contribution is 6.30.